The first kappa shape index (κ1) is 10.3. The summed E-state index contributed by atoms with van der Waals surface area (Å²) in [6.07, 6.45) is 1.36. The monoisotopic (exact) mass is 176 g/mol. The number of aliphatic carboxylic acids is 1. The summed E-state index contributed by atoms with van der Waals surface area (Å²) in [6, 6.07) is -0.837. The quantitative estimate of drug-likeness (QED) is 0.559. The lowest BCUT2D eigenvalue weighted by Gasteiger charge is -2.12. The molecule has 0 aromatic rings. The predicted molar refractivity (Wildman–Crippen MR) is 46.0 cm³/mol. The minimum Gasteiger partial charge on any atom is -0.480 e. The van der Waals surface area contributed by atoms with Gasteiger partial charge in [-0.25, -0.2) is 0 Å². The maximum atomic E-state index is 10.3. The molecule has 0 spiro atoms. The molecule has 0 aromatic carbocycles. The molecule has 5 heteroatoms. The Hall–Kier alpha value is -0.680. The molecule has 0 radical (unpaired) electrons. The van der Waals surface area contributed by atoms with Gasteiger partial charge < -0.3 is 16.6 Å². The van der Waals surface area contributed by atoms with Gasteiger partial charge in [0.2, 0.25) is 0 Å². The van der Waals surface area contributed by atoms with Crippen LogP contribution in [0.1, 0.15) is 6.92 Å². The summed E-state index contributed by atoms with van der Waals surface area (Å²) in [5.41, 5.74) is 10.4. The SMILES string of the molecule is CC(S/C=C/N)[C@@H](N)C(=O)O. The van der Waals surface area contributed by atoms with Crippen LogP contribution in [0.3, 0.4) is 0 Å². The van der Waals surface area contributed by atoms with Crippen molar-refractivity contribution in [2.75, 3.05) is 0 Å². The van der Waals surface area contributed by atoms with Gasteiger partial charge in [-0.2, -0.15) is 0 Å². The Kier molecular flexibility index (Phi) is 4.72. The third-order valence-corrected chi connectivity index (χ3v) is 2.20. The average molecular weight is 176 g/mol. The van der Waals surface area contributed by atoms with Crippen molar-refractivity contribution in [2.45, 2.75) is 18.2 Å². The second kappa shape index (κ2) is 5.03. The number of hydrogen-bond donors (Lipinski definition) is 3. The van der Waals surface area contributed by atoms with Gasteiger partial charge in [0.25, 0.3) is 0 Å². The summed E-state index contributed by atoms with van der Waals surface area (Å²) in [6.45, 7) is 1.74. The molecular weight excluding hydrogens is 164 g/mol. The molecule has 1 unspecified atom stereocenters. The third kappa shape index (κ3) is 3.90. The second-order valence-electron chi connectivity index (χ2n) is 2.03. The molecule has 0 aliphatic rings. The van der Waals surface area contributed by atoms with Crippen LogP contribution in [-0.4, -0.2) is 22.4 Å². The van der Waals surface area contributed by atoms with Crippen molar-refractivity contribution < 1.29 is 9.90 Å². The molecule has 0 amide bonds. The Balaban J connectivity index is 3.82. The summed E-state index contributed by atoms with van der Waals surface area (Å²) < 4.78 is 0. The van der Waals surface area contributed by atoms with E-state index in [-0.39, 0.29) is 5.25 Å². The van der Waals surface area contributed by atoms with E-state index in [1.165, 1.54) is 18.0 Å². The Morgan fingerprint density at radius 1 is 1.73 bits per heavy atom. The van der Waals surface area contributed by atoms with E-state index < -0.39 is 12.0 Å². The Morgan fingerprint density at radius 3 is 2.64 bits per heavy atom. The number of carbonyl (C=O) groups is 1. The number of nitrogens with two attached hydrogens (primary N) is 2. The Bertz CT molecular complexity index is 161. The molecule has 0 aliphatic carbocycles. The molecule has 0 rings (SSSR count). The lowest BCUT2D eigenvalue weighted by molar-refractivity contribution is -0.138. The van der Waals surface area contributed by atoms with Crippen LogP contribution in [0.2, 0.25) is 0 Å². The van der Waals surface area contributed by atoms with Crippen LogP contribution < -0.4 is 11.5 Å². The van der Waals surface area contributed by atoms with Gasteiger partial charge in [0, 0.05) is 11.4 Å². The fraction of sp³-hybridized carbons (Fsp3) is 0.500. The minimum absolute atomic E-state index is 0.160. The van der Waals surface area contributed by atoms with Gasteiger partial charge in [-0.05, 0) is 5.41 Å². The maximum absolute atomic E-state index is 10.3. The fourth-order valence-electron chi connectivity index (χ4n) is 0.455. The highest BCUT2D eigenvalue weighted by molar-refractivity contribution is 8.02. The van der Waals surface area contributed by atoms with E-state index >= 15 is 0 Å². The van der Waals surface area contributed by atoms with Crippen LogP contribution in [0.4, 0.5) is 0 Å². The number of hydrogen-bond acceptors (Lipinski definition) is 4. The highest BCUT2D eigenvalue weighted by Crippen LogP contribution is 2.13. The summed E-state index contributed by atoms with van der Waals surface area (Å²) >= 11 is 1.30. The molecule has 0 aromatic heterocycles. The molecule has 11 heavy (non-hydrogen) atoms. The molecule has 0 saturated heterocycles. The van der Waals surface area contributed by atoms with Crippen molar-refractivity contribution in [3.8, 4) is 0 Å². The predicted octanol–water partition coefficient (Wildman–Crippen LogP) is -0.0501. The van der Waals surface area contributed by atoms with E-state index in [1.54, 1.807) is 12.3 Å². The van der Waals surface area contributed by atoms with E-state index in [4.69, 9.17) is 16.6 Å². The van der Waals surface area contributed by atoms with Crippen molar-refractivity contribution in [3.63, 3.8) is 0 Å². The number of carboxylic acid groups (broad SMARTS) is 1. The van der Waals surface area contributed by atoms with E-state index in [1.807, 2.05) is 0 Å². The molecule has 0 heterocycles. The summed E-state index contributed by atoms with van der Waals surface area (Å²) in [5.74, 6) is -0.990. The van der Waals surface area contributed by atoms with Crippen LogP contribution >= 0.6 is 11.8 Å². The Labute approximate surface area is 69.6 Å². The molecular formula is C6H12N2O2S. The summed E-state index contributed by atoms with van der Waals surface area (Å²) in [5, 5.41) is 9.92. The summed E-state index contributed by atoms with van der Waals surface area (Å²) in [4.78, 5) is 10.3. The maximum Gasteiger partial charge on any atom is 0.321 e. The second-order valence-corrected chi connectivity index (χ2v) is 3.32. The number of rotatable bonds is 4. The first-order valence-corrected chi connectivity index (χ1v) is 4.04. The minimum atomic E-state index is -0.990. The van der Waals surface area contributed by atoms with E-state index in [2.05, 4.69) is 0 Å². The normalized spacial score (nSPS) is 16.5. The van der Waals surface area contributed by atoms with Crippen molar-refractivity contribution in [1.82, 2.24) is 0 Å². The lowest BCUT2D eigenvalue weighted by atomic mass is 10.2. The molecule has 0 fully saturated rings. The highest BCUT2D eigenvalue weighted by atomic mass is 32.2. The van der Waals surface area contributed by atoms with Crippen molar-refractivity contribution in [2.24, 2.45) is 11.5 Å². The molecule has 2 atom stereocenters. The number of thioether (sulfide) groups is 1. The lowest BCUT2D eigenvalue weighted by Crippen LogP contribution is -2.38. The zero-order valence-corrected chi connectivity index (χ0v) is 7.04. The van der Waals surface area contributed by atoms with Crippen molar-refractivity contribution in [1.29, 1.82) is 0 Å². The van der Waals surface area contributed by atoms with Crippen LogP contribution in [0, 0.1) is 0 Å². The molecule has 0 bridgehead atoms. The fourth-order valence-corrected chi connectivity index (χ4v) is 1.08. The molecule has 0 aliphatic heterocycles. The molecule has 64 valence electrons. The smallest absolute Gasteiger partial charge is 0.321 e. The van der Waals surface area contributed by atoms with Gasteiger partial charge in [0.1, 0.15) is 6.04 Å². The number of carboxylic acids is 1. The van der Waals surface area contributed by atoms with Gasteiger partial charge >= 0.3 is 5.97 Å². The zero-order valence-electron chi connectivity index (χ0n) is 6.23. The van der Waals surface area contributed by atoms with E-state index in [0.29, 0.717) is 0 Å². The zero-order chi connectivity index (χ0) is 8.85. The molecule has 0 saturated carbocycles. The Morgan fingerprint density at radius 2 is 2.27 bits per heavy atom. The van der Waals surface area contributed by atoms with Crippen LogP contribution in [-0.2, 0) is 4.79 Å². The van der Waals surface area contributed by atoms with Crippen molar-refractivity contribution in [3.05, 3.63) is 11.6 Å². The van der Waals surface area contributed by atoms with E-state index in [9.17, 15) is 4.79 Å². The van der Waals surface area contributed by atoms with Crippen LogP contribution in [0.5, 0.6) is 0 Å². The standard InChI is InChI=1S/C6H12N2O2S/c1-4(11-3-2-7)5(8)6(9)10/h2-5H,7-8H2,1H3,(H,9,10)/b3-2+/t4?,5-/m1/s1. The van der Waals surface area contributed by atoms with Gasteiger partial charge in [-0.3, -0.25) is 4.79 Å². The molecule has 4 nitrogen and oxygen atoms in total. The van der Waals surface area contributed by atoms with Gasteiger partial charge in [-0.1, -0.05) is 6.92 Å². The first-order chi connectivity index (χ1) is 5.09. The van der Waals surface area contributed by atoms with Crippen molar-refractivity contribution >= 4 is 17.7 Å². The first-order valence-electron chi connectivity index (χ1n) is 3.10. The third-order valence-electron chi connectivity index (χ3n) is 1.16. The average Bonchev–Trinajstić information content (AvgIpc) is 1.98. The van der Waals surface area contributed by atoms with Crippen LogP contribution in [0.25, 0.3) is 0 Å². The summed E-state index contributed by atoms with van der Waals surface area (Å²) in [7, 11) is 0. The van der Waals surface area contributed by atoms with Crippen LogP contribution in [0.15, 0.2) is 11.6 Å². The van der Waals surface area contributed by atoms with Gasteiger partial charge in [-0.15, -0.1) is 11.8 Å². The molecule has 5 N–H and O–H groups in total. The topological polar surface area (TPSA) is 89.3 Å². The van der Waals surface area contributed by atoms with Gasteiger partial charge in [0.05, 0.1) is 0 Å². The van der Waals surface area contributed by atoms with E-state index in [0.717, 1.165) is 0 Å². The highest BCUT2D eigenvalue weighted by Gasteiger charge is 2.18. The van der Waals surface area contributed by atoms with Gasteiger partial charge in [0.15, 0.2) is 0 Å². The largest absolute Gasteiger partial charge is 0.480 e.